The molecule has 0 aliphatic carbocycles. The number of benzene rings is 1. The molecule has 1 saturated heterocycles. The van der Waals surface area contributed by atoms with Crippen molar-refractivity contribution >= 4 is 11.4 Å². The van der Waals surface area contributed by atoms with E-state index in [4.69, 9.17) is 4.74 Å². The van der Waals surface area contributed by atoms with Crippen LogP contribution in [0, 0.1) is 0 Å². The summed E-state index contributed by atoms with van der Waals surface area (Å²) < 4.78 is 7.27. The number of likely N-dealkylation sites (tertiary alicyclic amines) is 1. The maximum Gasteiger partial charge on any atom is 0.255 e. The summed E-state index contributed by atoms with van der Waals surface area (Å²) in [6, 6.07) is 16.3. The highest BCUT2D eigenvalue weighted by atomic mass is 16.5. The number of nitrogens with zero attached hydrogens (tertiary/aromatic N) is 2. The number of pyridine rings is 1. The lowest BCUT2D eigenvalue weighted by Gasteiger charge is -2.24. The topological polar surface area (TPSA) is 34.0 Å². The number of rotatable bonds is 3. The van der Waals surface area contributed by atoms with Gasteiger partial charge in [0.25, 0.3) is 5.91 Å². The first kappa shape index (κ1) is 16.7. The van der Waals surface area contributed by atoms with Crippen LogP contribution in [0.5, 0.6) is 5.75 Å². The Hall–Kier alpha value is -2.75. The molecule has 0 bridgehead atoms. The van der Waals surface area contributed by atoms with Crippen molar-refractivity contribution in [2.24, 2.45) is 0 Å². The average molecular weight is 348 g/mol. The molecule has 3 heterocycles. The molecule has 1 aliphatic heterocycles. The Bertz CT molecular complexity index is 865. The number of aromatic nitrogens is 1. The summed E-state index contributed by atoms with van der Waals surface area (Å²) in [6.07, 6.45) is 7.25. The van der Waals surface area contributed by atoms with Gasteiger partial charge in [-0.3, -0.25) is 4.79 Å². The van der Waals surface area contributed by atoms with Crippen LogP contribution in [0.2, 0.25) is 0 Å². The Morgan fingerprint density at radius 1 is 1.12 bits per heavy atom. The van der Waals surface area contributed by atoms with Gasteiger partial charge in [-0.05, 0) is 48.7 Å². The van der Waals surface area contributed by atoms with Gasteiger partial charge >= 0.3 is 0 Å². The van der Waals surface area contributed by atoms with E-state index >= 15 is 0 Å². The van der Waals surface area contributed by atoms with Gasteiger partial charge in [-0.2, -0.15) is 0 Å². The van der Waals surface area contributed by atoms with E-state index in [1.165, 1.54) is 5.56 Å². The zero-order valence-corrected chi connectivity index (χ0v) is 15.1. The van der Waals surface area contributed by atoms with Gasteiger partial charge in [0.2, 0.25) is 0 Å². The van der Waals surface area contributed by atoms with Gasteiger partial charge in [0.1, 0.15) is 5.75 Å². The van der Waals surface area contributed by atoms with Crippen LogP contribution >= 0.6 is 0 Å². The van der Waals surface area contributed by atoms with Crippen molar-refractivity contribution < 1.29 is 9.53 Å². The highest BCUT2D eigenvalue weighted by Crippen LogP contribution is 2.28. The number of hydrogen-bond donors (Lipinski definition) is 0. The molecular formula is C22H24N2O2. The minimum Gasteiger partial charge on any atom is -0.497 e. The SMILES string of the molecule is COc1ccc([C@@H]2CCCCN(C(=O)c3cc4ccccn4c3)C2)cc1. The minimum absolute atomic E-state index is 0.133. The van der Waals surface area contributed by atoms with Gasteiger partial charge in [-0.15, -0.1) is 0 Å². The van der Waals surface area contributed by atoms with E-state index in [9.17, 15) is 4.79 Å². The molecule has 4 nitrogen and oxygen atoms in total. The van der Waals surface area contributed by atoms with Gasteiger partial charge in [-0.25, -0.2) is 0 Å². The Balaban J connectivity index is 1.55. The molecule has 0 N–H and O–H groups in total. The second kappa shape index (κ2) is 7.24. The van der Waals surface area contributed by atoms with Crippen molar-refractivity contribution in [3.05, 3.63) is 72.1 Å². The molecule has 1 aromatic carbocycles. The molecule has 0 spiro atoms. The van der Waals surface area contributed by atoms with Gasteiger partial charge in [0.05, 0.1) is 12.7 Å². The zero-order chi connectivity index (χ0) is 17.9. The number of ether oxygens (including phenoxy) is 1. The first-order valence-corrected chi connectivity index (χ1v) is 9.24. The van der Waals surface area contributed by atoms with E-state index in [1.807, 2.05) is 58.1 Å². The van der Waals surface area contributed by atoms with Crippen molar-refractivity contribution in [3.63, 3.8) is 0 Å². The number of carbonyl (C=O) groups excluding carboxylic acids is 1. The molecule has 1 fully saturated rings. The van der Waals surface area contributed by atoms with E-state index in [2.05, 4.69) is 12.1 Å². The summed E-state index contributed by atoms with van der Waals surface area (Å²) in [6.45, 7) is 1.61. The average Bonchev–Trinajstić information content (AvgIpc) is 2.97. The number of carbonyl (C=O) groups is 1. The first-order valence-electron chi connectivity index (χ1n) is 9.24. The molecule has 0 unspecified atom stereocenters. The van der Waals surface area contributed by atoms with E-state index in [1.54, 1.807) is 7.11 Å². The summed E-state index contributed by atoms with van der Waals surface area (Å²) in [5, 5.41) is 0. The molecule has 134 valence electrons. The van der Waals surface area contributed by atoms with Crippen LogP contribution in [0.3, 0.4) is 0 Å². The normalized spacial score (nSPS) is 17.9. The third-order valence-corrected chi connectivity index (χ3v) is 5.30. The van der Waals surface area contributed by atoms with Crippen LogP contribution < -0.4 is 4.74 Å². The molecule has 4 rings (SSSR count). The molecule has 2 aromatic heterocycles. The van der Waals surface area contributed by atoms with Crippen LogP contribution in [0.25, 0.3) is 5.52 Å². The third kappa shape index (κ3) is 3.32. The van der Waals surface area contributed by atoms with Crippen molar-refractivity contribution in [2.45, 2.75) is 25.2 Å². The maximum absolute atomic E-state index is 13.1. The quantitative estimate of drug-likeness (QED) is 0.705. The fraction of sp³-hybridized carbons (Fsp3) is 0.318. The molecule has 0 radical (unpaired) electrons. The smallest absolute Gasteiger partial charge is 0.255 e. The molecule has 0 saturated carbocycles. The summed E-state index contributed by atoms with van der Waals surface area (Å²) in [5.74, 6) is 1.38. The first-order chi connectivity index (χ1) is 12.7. The number of fused-ring (bicyclic) bond motifs is 1. The lowest BCUT2D eigenvalue weighted by molar-refractivity contribution is 0.0754. The fourth-order valence-electron chi connectivity index (χ4n) is 3.83. The third-order valence-electron chi connectivity index (χ3n) is 5.30. The summed E-state index contributed by atoms with van der Waals surface area (Å²) in [4.78, 5) is 15.1. The van der Waals surface area contributed by atoms with Crippen molar-refractivity contribution in [1.82, 2.24) is 9.30 Å². The zero-order valence-electron chi connectivity index (χ0n) is 15.1. The largest absolute Gasteiger partial charge is 0.497 e. The van der Waals surface area contributed by atoms with E-state index < -0.39 is 0 Å². The Morgan fingerprint density at radius 3 is 2.73 bits per heavy atom. The summed E-state index contributed by atoms with van der Waals surface area (Å²) >= 11 is 0. The van der Waals surface area contributed by atoms with Crippen LogP contribution in [0.15, 0.2) is 60.9 Å². The maximum atomic E-state index is 13.1. The monoisotopic (exact) mass is 348 g/mol. The molecule has 4 heteroatoms. The number of hydrogen-bond acceptors (Lipinski definition) is 2. The second-order valence-corrected chi connectivity index (χ2v) is 6.98. The van der Waals surface area contributed by atoms with Crippen molar-refractivity contribution in [2.75, 3.05) is 20.2 Å². The Labute approximate surface area is 154 Å². The van der Waals surface area contributed by atoms with Crippen LogP contribution in [0.1, 0.15) is 41.1 Å². The lowest BCUT2D eigenvalue weighted by Crippen LogP contribution is -2.33. The molecule has 26 heavy (non-hydrogen) atoms. The lowest BCUT2D eigenvalue weighted by atomic mass is 9.94. The van der Waals surface area contributed by atoms with Crippen LogP contribution in [-0.2, 0) is 0 Å². The van der Waals surface area contributed by atoms with Crippen molar-refractivity contribution in [3.8, 4) is 5.75 Å². The molecule has 3 aromatic rings. The predicted octanol–water partition coefficient (Wildman–Crippen LogP) is 4.36. The molecule has 1 amide bonds. The van der Waals surface area contributed by atoms with Gasteiger partial charge in [0, 0.05) is 36.9 Å². The Kier molecular flexibility index (Phi) is 4.65. The molecule has 1 atom stereocenters. The highest BCUT2D eigenvalue weighted by molar-refractivity contribution is 5.95. The van der Waals surface area contributed by atoms with Gasteiger partial charge in [-0.1, -0.05) is 24.6 Å². The van der Waals surface area contributed by atoms with Crippen molar-refractivity contribution in [1.29, 1.82) is 0 Å². The summed E-state index contributed by atoms with van der Waals surface area (Å²) in [5.41, 5.74) is 3.11. The van der Waals surface area contributed by atoms with E-state index in [-0.39, 0.29) is 5.91 Å². The van der Waals surface area contributed by atoms with Gasteiger partial charge in [0.15, 0.2) is 0 Å². The second-order valence-electron chi connectivity index (χ2n) is 6.98. The van der Waals surface area contributed by atoms with Crippen LogP contribution in [0.4, 0.5) is 0 Å². The minimum atomic E-state index is 0.133. The highest BCUT2D eigenvalue weighted by Gasteiger charge is 2.24. The Morgan fingerprint density at radius 2 is 1.96 bits per heavy atom. The number of amides is 1. The standard InChI is InChI=1S/C22H24N2O2/c1-26-21-10-8-17(9-11-21)18-6-2-4-13-24(15-18)22(25)19-14-20-7-3-5-12-23(20)16-19/h3,5,7-12,14,16,18H,2,4,6,13,15H2,1H3/t18-/m1/s1. The molecule has 1 aliphatic rings. The van der Waals surface area contributed by atoms with E-state index in [0.29, 0.717) is 5.92 Å². The summed E-state index contributed by atoms with van der Waals surface area (Å²) in [7, 11) is 1.68. The predicted molar refractivity (Wildman–Crippen MR) is 103 cm³/mol. The van der Waals surface area contributed by atoms with Crippen LogP contribution in [-0.4, -0.2) is 35.4 Å². The van der Waals surface area contributed by atoms with E-state index in [0.717, 1.165) is 49.2 Å². The number of methoxy groups -OCH3 is 1. The fourth-order valence-corrected chi connectivity index (χ4v) is 3.83. The van der Waals surface area contributed by atoms with Gasteiger partial charge < -0.3 is 14.0 Å². The molecular weight excluding hydrogens is 324 g/mol.